The van der Waals surface area contributed by atoms with E-state index in [1.165, 1.54) is 12.1 Å². The van der Waals surface area contributed by atoms with Crippen LogP contribution in [0.15, 0.2) is 35.8 Å². The predicted octanol–water partition coefficient (Wildman–Crippen LogP) is 3.89. The van der Waals surface area contributed by atoms with Gasteiger partial charge in [0.2, 0.25) is 0 Å². The lowest BCUT2D eigenvalue weighted by Gasteiger charge is -2.32. The molecule has 3 heterocycles. The summed E-state index contributed by atoms with van der Waals surface area (Å²) in [6.45, 7) is 11.4. The lowest BCUT2D eigenvalue weighted by Crippen LogP contribution is -2.51. The van der Waals surface area contributed by atoms with E-state index < -0.39 is 0 Å². The lowest BCUT2D eigenvalue weighted by atomic mass is 10.1. The number of fused-ring (bicyclic) bond motifs is 1. The Kier molecular flexibility index (Phi) is 7.31. The van der Waals surface area contributed by atoms with E-state index in [1.54, 1.807) is 23.5 Å². The molecule has 0 saturated carbocycles. The minimum absolute atomic E-state index is 0.0418. The van der Waals surface area contributed by atoms with Crippen LogP contribution in [0.2, 0.25) is 0 Å². The molecule has 0 atom stereocenters. The third-order valence-electron chi connectivity index (χ3n) is 5.62. The van der Waals surface area contributed by atoms with Crippen LogP contribution >= 0.6 is 11.3 Å². The van der Waals surface area contributed by atoms with Crippen LogP contribution in [-0.4, -0.2) is 76.7 Å². The van der Waals surface area contributed by atoms with Gasteiger partial charge >= 0.3 is 6.03 Å². The number of thiazole rings is 1. The Labute approximate surface area is 198 Å². The summed E-state index contributed by atoms with van der Waals surface area (Å²) < 4.78 is 20.8. The van der Waals surface area contributed by atoms with Crippen LogP contribution in [0, 0.1) is 5.82 Å². The number of rotatable bonds is 7. The highest BCUT2D eigenvalue weighted by Crippen LogP contribution is 2.24. The van der Waals surface area contributed by atoms with Crippen LogP contribution in [0.25, 0.3) is 16.2 Å². The zero-order valence-electron chi connectivity index (χ0n) is 19.5. The van der Waals surface area contributed by atoms with Crippen molar-refractivity contribution in [1.29, 1.82) is 0 Å². The Morgan fingerprint density at radius 1 is 1.21 bits per heavy atom. The van der Waals surface area contributed by atoms with E-state index in [1.807, 2.05) is 31.9 Å². The number of urea groups is 1. The molecular weight excluding hydrogens is 441 g/mol. The van der Waals surface area contributed by atoms with Gasteiger partial charge in [0.15, 0.2) is 4.96 Å². The summed E-state index contributed by atoms with van der Waals surface area (Å²) in [5.41, 5.74) is 2.52. The molecule has 1 N–H and O–H groups in total. The molecule has 0 radical (unpaired) electrons. The number of imidazole rings is 1. The molecule has 1 aliphatic heterocycles. The van der Waals surface area contributed by atoms with Gasteiger partial charge in [-0.15, -0.1) is 11.3 Å². The number of hydrogen-bond donors (Lipinski definition) is 1. The number of benzene rings is 1. The van der Waals surface area contributed by atoms with Gasteiger partial charge in [-0.05, 0) is 45.0 Å². The van der Waals surface area contributed by atoms with Crippen molar-refractivity contribution >= 4 is 22.3 Å². The van der Waals surface area contributed by atoms with Gasteiger partial charge < -0.3 is 15.0 Å². The van der Waals surface area contributed by atoms with Gasteiger partial charge in [0.25, 0.3) is 0 Å². The summed E-state index contributed by atoms with van der Waals surface area (Å²) in [6.07, 6.45) is 2.71. The van der Waals surface area contributed by atoms with E-state index >= 15 is 0 Å². The van der Waals surface area contributed by atoms with Crippen LogP contribution in [0.5, 0.6) is 0 Å². The van der Waals surface area contributed by atoms with Crippen LogP contribution in [0.1, 0.15) is 26.5 Å². The average molecular weight is 474 g/mol. The molecule has 0 spiro atoms. The summed E-state index contributed by atoms with van der Waals surface area (Å²) in [4.78, 5) is 22.8. The van der Waals surface area contributed by atoms with Gasteiger partial charge in [0, 0.05) is 67.5 Å². The van der Waals surface area contributed by atoms with Crippen LogP contribution in [0.3, 0.4) is 0 Å². The quantitative estimate of drug-likeness (QED) is 0.566. The third-order valence-corrected chi connectivity index (χ3v) is 6.51. The van der Waals surface area contributed by atoms with Crippen molar-refractivity contribution in [2.24, 2.45) is 0 Å². The number of carbonyl (C=O) groups is 1. The zero-order valence-corrected chi connectivity index (χ0v) is 20.3. The standard InChI is InChI=1S/C24H32FN5O2S/c1-24(2,3)27-22(31)29(11-10-28-12-14-32-15-13-28)9-8-20-17-33-23-26-21(16-30(20)23)18-4-6-19(25)7-5-18/h4-7,16-17H,8-15H2,1-3H3,(H,27,31). The van der Waals surface area contributed by atoms with E-state index in [4.69, 9.17) is 4.74 Å². The number of carbonyl (C=O) groups excluding carboxylic acids is 1. The smallest absolute Gasteiger partial charge is 0.317 e. The minimum Gasteiger partial charge on any atom is -0.379 e. The van der Waals surface area contributed by atoms with Gasteiger partial charge in [-0.2, -0.15) is 0 Å². The molecule has 2 aromatic heterocycles. The third kappa shape index (κ3) is 6.31. The number of hydrogen-bond acceptors (Lipinski definition) is 5. The summed E-state index contributed by atoms with van der Waals surface area (Å²) in [6, 6.07) is 6.34. The molecule has 33 heavy (non-hydrogen) atoms. The fraction of sp³-hybridized carbons (Fsp3) is 0.500. The molecule has 178 valence electrons. The van der Waals surface area contributed by atoms with E-state index in [9.17, 15) is 9.18 Å². The highest BCUT2D eigenvalue weighted by atomic mass is 32.1. The van der Waals surface area contributed by atoms with Crippen molar-refractivity contribution < 1.29 is 13.9 Å². The zero-order chi connectivity index (χ0) is 23.4. The normalized spacial score (nSPS) is 15.2. The minimum atomic E-state index is -0.293. The van der Waals surface area contributed by atoms with Gasteiger partial charge in [0.05, 0.1) is 18.9 Å². The number of amides is 2. The number of morpholine rings is 1. The Morgan fingerprint density at radius 3 is 2.64 bits per heavy atom. The first-order valence-electron chi connectivity index (χ1n) is 11.4. The van der Waals surface area contributed by atoms with Crippen molar-refractivity contribution in [3.05, 3.63) is 47.4 Å². The SMILES string of the molecule is CC(C)(C)NC(=O)N(CCc1csc2nc(-c3ccc(F)cc3)cn12)CCN1CCOCC1. The fourth-order valence-electron chi connectivity index (χ4n) is 3.82. The Hall–Kier alpha value is -2.49. The van der Waals surface area contributed by atoms with E-state index in [2.05, 4.69) is 25.0 Å². The molecule has 0 bridgehead atoms. The summed E-state index contributed by atoms with van der Waals surface area (Å²) in [5.74, 6) is -0.258. The monoisotopic (exact) mass is 473 g/mol. The van der Waals surface area contributed by atoms with Gasteiger partial charge in [-0.3, -0.25) is 9.30 Å². The molecule has 9 heteroatoms. The fourth-order valence-corrected chi connectivity index (χ4v) is 4.73. The topological polar surface area (TPSA) is 62.1 Å². The van der Waals surface area contributed by atoms with Gasteiger partial charge in [0.1, 0.15) is 5.82 Å². The van der Waals surface area contributed by atoms with Crippen LogP contribution in [-0.2, 0) is 11.2 Å². The molecule has 0 unspecified atom stereocenters. The van der Waals surface area contributed by atoms with Crippen molar-refractivity contribution in [3.63, 3.8) is 0 Å². The number of aromatic nitrogens is 2. The van der Waals surface area contributed by atoms with Crippen LogP contribution in [0.4, 0.5) is 9.18 Å². The highest BCUT2D eigenvalue weighted by molar-refractivity contribution is 7.15. The Bertz CT molecular complexity index is 1070. The first kappa shape index (κ1) is 23.7. The maximum absolute atomic E-state index is 13.3. The van der Waals surface area contributed by atoms with Gasteiger partial charge in [-0.1, -0.05) is 0 Å². The molecule has 7 nitrogen and oxygen atoms in total. The second kappa shape index (κ2) is 10.2. The summed E-state index contributed by atoms with van der Waals surface area (Å²) >= 11 is 1.58. The first-order valence-corrected chi connectivity index (χ1v) is 12.2. The molecule has 1 saturated heterocycles. The molecule has 3 aromatic rings. The van der Waals surface area contributed by atoms with E-state index in [0.29, 0.717) is 13.1 Å². The second-order valence-corrected chi connectivity index (χ2v) is 10.2. The molecule has 1 aliphatic rings. The first-order chi connectivity index (χ1) is 15.8. The van der Waals surface area contributed by atoms with Crippen molar-refractivity contribution in [1.82, 2.24) is 24.5 Å². The predicted molar refractivity (Wildman–Crippen MR) is 129 cm³/mol. The summed E-state index contributed by atoms with van der Waals surface area (Å²) in [7, 11) is 0. The molecule has 2 amide bonds. The van der Waals surface area contributed by atoms with Gasteiger partial charge in [-0.25, -0.2) is 14.2 Å². The van der Waals surface area contributed by atoms with Crippen molar-refractivity contribution in [2.45, 2.75) is 32.7 Å². The molecule has 1 aromatic carbocycles. The van der Waals surface area contributed by atoms with E-state index in [0.717, 1.165) is 61.2 Å². The molecular formula is C24H32FN5O2S. The van der Waals surface area contributed by atoms with Crippen molar-refractivity contribution in [3.8, 4) is 11.3 Å². The molecule has 1 fully saturated rings. The molecule has 4 rings (SSSR count). The Morgan fingerprint density at radius 2 is 1.94 bits per heavy atom. The number of halogens is 1. The Balaban J connectivity index is 1.45. The highest BCUT2D eigenvalue weighted by Gasteiger charge is 2.21. The second-order valence-electron chi connectivity index (χ2n) is 9.38. The largest absolute Gasteiger partial charge is 0.379 e. The number of ether oxygens (including phenoxy) is 1. The van der Waals surface area contributed by atoms with Crippen molar-refractivity contribution in [2.75, 3.05) is 45.9 Å². The maximum Gasteiger partial charge on any atom is 0.317 e. The lowest BCUT2D eigenvalue weighted by molar-refractivity contribution is 0.0348. The summed E-state index contributed by atoms with van der Waals surface area (Å²) in [5, 5.41) is 5.20. The average Bonchev–Trinajstić information content (AvgIpc) is 3.35. The van der Waals surface area contributed by atoms with Crippen LogP contribution < -0.4 is 5.32 Å². The number of nitrogens with one attached hydrogen (secondary N) is 1. The van der Waals surface area contributed by atoms with E-state index in [-0.39, 0.29) is 17.4 Å². The maximum atomic E-state index is 13.3. The number of nitrogens with zero attached hydrogens (tertiary/aromatic N) is 4. The molecule has 0 aliphatic carbocycles.